The maximum Gasteiger partial charge on any atom is 0.170 e. The van der Waals surface area contributed by atoms with Gasteiger partial charge in [-0.25, -0.2) is 4.39 Å². The smallest absolute Gasteiger partial charge is 0.170 e. The van der Waals surface area contributed by atoms with E-state index in [0.717, 1.165) is 5.56 Å². The van der Waals surface area contributed by atoms with Crippen LogP contribution in [0, 0.1) is 18.2 Å². The molecule has 0 N–H and O–H groups in total. The number of ketones is 1. The van der Waals surface area contributed by atoms with E-state index in [4.69, 9.17) is 11.6 Å². The van der Waals surface area contributed by atoms with Gasteiger partial charge in [-0.1, -0.05) is 19.9 Å². The Morgan fingerprint density at radius 1 is 1.47 bits per heavy atom. The van der Waals surface area contributed by atoms with Crippen LogP contribution in [0.2, 0.25) is 0 Å². The number of aryl methyl sites for hydroxylation is 1. The van der Waals surface area contributed by atoms with E-state index in [-0.39, 0.29) is 11.7 Å². The lowest BCUT2D eigenvalue weighted by Crippen LogP contribution is -2.26. The molecule has 0 aliphatic heterocycles. The van der Waals surface area contributed by atoms with Gasteiger partial charge in [-0.15, -0.1) is 11.6 Å². The van der Waals surface area contributed by atoms with E-state index in [2.05, 4.69) is 0 Å². The highest BCUT2D eigenvalue weighted by atomic mass is 35.5. The van der Waals surface area contributed by atoms with Gasteiger partial charge in [0, 0.05) is 16.9 Å². The van der Waals surface area contributed by atoms with E-state index in [9.17, 15) is 9.18 Å². The minimum atomic E-state index is -0.653. The topological polar surface area (TPSA) is 17.1 Å². The lowest BCUT2D eigenvalue weighted by atomic mass is 9.84. The first-order valence-electron chi connectivity index (χ1n) is 4.75. The molecule has 1 rings (SSSR count). The zero-order valence-electron chi connectivity index (χ0n) is 9.10. The number of rotatable bonds is 3. The average Bonchev–Trinajstić information content (AvgIpc) is 2.20. The summed E-state index contributed by atoms with van der Waals surface area (Å²) >= 11 is 5.72. The van der Waals surface area contributed by atoms with Gasteiger partial charge in [0.15, 0.2) is 5.78 Å². The van der Waals surface area contributed by atoms with Crippen molar-refractivity contribution in [1.82, 2.24) is 0 Å². The molecule has 0 amide bonds. The van der Waals surface area contributed by atoms with E-state index >= 15 is 0 Å². The molecule has 0 aliphatic carbocycles. The second kappa shape index (κ2) is 4.31. The molecule has 0 bridgehead atoms. The van der Waals surface area contributed by atoms with Crippen LogP contribution < -0.4 is 0 Å². The van der Waals surface area contributed by atoms with Crippen LogP contribution in [-0.2, 0) is 0 Å². The molecule has 0 aromatic heterocycles. The largest absolute Gasteiger partial charge is 0.294 e. The lowest BCUT2D eigenvalue weighted by molar-refractivity contribution is 0.0861. The molecule has 15 heavy (non-hydrogen) atoms. The Hall–Kier alpha value is -0.890. The standard InChI is InChI=1S/C12H14ClFO/c1-8-4-5-9(14)6-10(8)11(15)12(2,3)7-13/h4-6H,7H2,1-3H3. The number of benzene rings is 1. The minimum absolute atomic E-state index is 0.116. The Balaban J connectivity index is 3.17. The lowest BCUT2D eigenvalue weighted by Gasteiger charge is -2.20. The highest BCUT2D eigenvalue weighted by Crippen LogP contribution is 2.25. The van der Waals surface area contributed by atoms with Crippen LogP contribution in [0.15, 0.2) is 18.2 Å². The first kappa shape index (κ1) is 12.2. The van der Waals surface area contributed by atoms with Crippen LogP contribution in [0.25, 0.3) is 0 Å². The normalized spacial score (nSPS) is 11.5. The maximum atomic E-state index is 13.0. The van der Waals surface area contributed by atoms with Crippen molar-refractivity contribution in [2.45, 2.75) is 20.8 Å². The average molecular weight is 229 g/mol. The molecule has 1 aromatic carbocycles. The third-order valence-corrected chi connectivity index (χ3v) is 3.06. The third kappa shape index (κ3) is 2.57. The van der Waals surface area contributed by atoms with Crippen LogP contribution in [0.3, 0.4) is 0 Å². The van der Waals surface area contributed by atoms with E-state index in [1.807, 2.05) is 0 Å². The first-order valence-corrected chi connectivity index (χ1v) is 5.29. The molecule has 0 unspecified atom stereocenters. The van der Waals surface area contributed by atoms with E-state index in [1.165, 1.54) is 12.1 Å². The Kier molecular flexibility index (Phi) is 3.50. The Labute approximate surface area is 94.3 Å². The molecule has 3 heteroatoms. The fourth-order valence-electron chi connectivity index (χ4n) is 1.26. The summed E-state index contributed by atoms with van der Waals surface area (Å²) in [7, 11) is 0. The van der Waals surface area contributed by atoms with Crippen molar-refractivity contribution in [3.63, 3.8) is 0 Å². The maximum absolute atomic E-state index is 13.0. The summed E-state index contributed by atoms with van der Waals surface area (Å²) in [6, 6.07) is 4.22. The van der Waals surface area contributed by atoms with Crippen molar-refractivity contribution in [3.05, 3.63) is 35.1 Å². The van der Waals surface area contributed by atoms with E-state index < -0.39 is 11.2 Å². The van der Waals surface area contributed by atoms with E-state index in [0.29, 0.717) is 5.56 Å². The quantitative estimate of drug-likeness (QED) is 0.571. The number of hydrogen-bond acceptors (Lipinski definition) is 1. The number of carbonyl (C=O) groups excluding carboxylic acids is 1. The SMILES string of the molecule is Cc1ccc(F)cc1C(=O)C(C)(C)CCl. The molecule has 0 saturated carbocycles. The summed E-state index contributed by atoms with van der Waals surface area (Å²) in [5.74, 6) is -0.286. The molecule has 82 valence electrons. The van der Waals surface area contributed by atoms with Crippen molar-refractivity contribution >= 4 is 17.4 Å². The van der Waals surface area contributed by atoms with Gasteiger partial charge in [-0.3, -0.25) is 4.79 Å². The van der Waals surface area contributed by atoms with Gasteiger partial charge in [-0.05, 0) is 24.6 Å². The Morgan fingerprint density at radius 2 is 2.07 bits per heavy atom. The zero-order valence-corrected chi connectivity index (χ0v) is 9.86. The second-order valence-electron chi connectivity index (χ2n) is 4.31. The second-order valence-corrected chi connectivity index (χ2v) is 4.57. The van der Waals surface area contributed by atoms with Crippen LogP contribution >= 0.6 is 11.6 Å². The summed E-state index contributed by atoms with van der Waals surface area (Å²) in [4.78, 5) is 12.0. The summed E-state index contributed by atoms with van der Waals surface area (Å²) in [5, 5.41) is 0. The summed E-state index contributed by atoms with van der Waals surface area (Å²) in [6.07, 6.45) is 0. The third-order valence-electron chi connectivity index (χ3n) is 2.39. The predicted octanol–water partition coefficient (Wildman–Crippen LogP) is 3.58. The van der Waals surface area contributed by atoms with Gasteiger partial charge in [0.05, 0.1) is 0 Å². The van der Waals surface area contributed by atoms with Crippen molar-refractivity contribution in [3.8, 4) is 0 Å². The highest BCUT2D eigenvalue weighted by Gasteiger charge is 2.28. The van der Waals surface area contributed by atoms with Crippen LogP contribution in [0.1, 0.15) is 29.8 Å². The zero-order chi connectivity index (χ0) is 11.6. The fraction of sp³-hybridized carbons (Fsp3) is 0.417. The van der Waals surface area contributed by atoms with E-state index in [1.54, 1.807) is 26.8 Å². The molecule has 0 fully saturated rings. The Morgan fingerprint density at radius 3 is 2.60 bits per heavy atom. The summed E-state index contributed by atoms with van der Waals surface area (Å²) in [6.45, 7) is 5.30. The summed E-state index contributed by atoms with van der Waals surface area (Å²) in [5.41, 5.74) is 0.542. The van der Waals surface area contributed by atoms with Crippen molar-refractivity contribution in [2.75, 3.05) is 5.88 Å². The van der Waals surface area contributed by atoms with Crippen LogP contribution in [-0.4, -0.2) is 11.7 Å². The molecular weight excluding hydrogens is 215 g/mol. The molecule has 0 aliphatic rings. The van der Waals surface area contributed by atoms with Crippen molar-refractivity contribution in [1.29, 1.82) is 0 Å². The first-order chi connectivity index (χ1) is 6.88. The highest BCUT2D eigenvalue weighted by molar-refractivity contribution is 6.21. The van der Waals surface area contributed by atoms with Gasteiger partial charge < -0.3 is 0 Å². The Bertz CT molecular complexity index is 385. The fourth-order valence-corrected chi connectivity index (χ4v) is 1.39. The molecule has 0 radical (unpaired) electrons. The predicted molar refractivity (Wildman–Crippen MR) is 60.0 cm³/mol. The minimum Gasteiger partial charge on any atom is -0.294 e. The number of halogens is 2. The van der Waals surface area contributed by atoms with Gasteiger partial charge >= 0.3 is 0 Å². The molecular formula is C12H14ClFO. The van der Waals surface area contributed by atoms with Gasteiger partial charge in [0.2, 0.25) is 0 Å². The molecule has 0 heterocycles. The van der Waals surface area contributed by atoms with Crippen molar-refractivity contribution in [2.24, 2.45) is 5.41 Å². The monoisotopic (exact) mass is 228 g/mol. The number of alkyl halides is 1. The van der Waals surface area contributed by atoms with Crippen molar-refractivity contribution < 1.29 is 9.18 Å². The molecule has 0 saturated heterocycles. The van der Waals surface area contributed by atoms with Crippen LogP contribution in [0.4, 0.5) is 4.39 Å². The molecule has 0 spiro atoms. The molecule has 0 atom stereocenters. The number of carbonyl (C=O) groups is 1. The molecule has 1 aromatic rings. The van der Waals surface area contributed by atoms with Gasteiger partial charge in [0.1, 0.15) is 5.82 Å². The van der Waals surface area contributed by atoms with Crippen LogP contribution in [0.5, 0.6) is 0 Å². The summed E-state index contributed by atoms with van der Waals surface area (Å²) < 4.78 is 13.0. The van der Waals surface area contributed by atoms with Gasteiger partial charge in [-0.2, -0.15) is 0 Å². The number of hydrogen-bond donors (Lipinski definition) is 0. The van der Waals surface area contributed by atoms with Gasteiger partial charge in [0.25, 0.3) is 0 Å². The molecule has 1 nitrogen and oxygen atoms in total. The number of Topliss-reactive ketones (excluding diaryl/α,β-unsaturated/α-hetero) is 1.